The second-order valence-corrected chi connectivity index (χ2v) is 6.79. The van der Waals surface area contributed by atoms with Crippen LogP contribution in [0.1, 0.15) is 16.6 Å². The van der Waals surface area contributed by atoms with Gasteiger partial charge in [0.2, 0.25) is 0 Å². The molecule has 0 aliphatic carbocycles. The molecule has 3 aromatic rings. The lowest BCUT2D eigenvalue weighted by molar-refractivity contribution is 0.0532. The molecule has 0 saturated carbocycles. The first-order valence-electron chi connectivity index (χ1n) is 7.98. The van der Waals surface area contributed by atoms with Crippen LogP contribution in [0.2, 0.25) is 0 Å². The topological polar surface area (TPSA) is 77.2 Å². The third-order valence-electron chi connectivity index (χ3n) is 3.51. The van der Waals surface area contributed by atoms with Gasteiger partial charge in [-0.05, 0) is 31.3 Å². The van der Waals surface area contributed by atoms with Gasteiger partial charge in [0.25, 0.3) is 0 Å². The minimum atomic E-state index is -0.368. The second kappa shape index (κ2) is 8.07. The maximum atomic E-state index is 12.4. The lowest BCUT2D eigenvalue weighted by Crippen LogP contribution is -2.18. The highest BCUT2D eigenvalue weighted by atomic mass is 32.1. The highest BCUT2D eigenvalue weighted by molar-refractivity contribution is 7.80. The molecule has 3 N–H and O–H groups in total. The van der Waals surface area contributed by atoms with Crippen LogP contribution in [0.4, 0.5) is 5.69 Å². The highest BCUT2D eigenvalue weighted by Crippen LogP contribution is 2.35. The lowest BCUT2D eigenvalue weighted by Gasteiger charge is -2.04. The monoisotopic (exact) mass is 383 g/mol. The van der Waals surface area contributed by atoms with Crippen LogP contribution < -0.4 is 11.1 Å². The fourth-order valence-electron chi connectivity index (χ4n) is 2.44. The number of hydrogen-bond acceptors (Lipinski definition) is 5. The van der Waals surface area contributed by atoms with E-state index in [0.717, 1.165) is 21.8 Å². The van der Waals surface area contributed by atoms with Crippen molar-refractivity contribution in [2.75, 3.05) is 11.9 Å². The molecule has 0 unspecified atom stereocenters. The predicted molar refractivity (Wildman–Crippen MR) is 109 cm³/mol. The fourth-order valence-corrected chi connectivity index (χ4v) is 3.54. The van der Waals surface area contributed by atoms with Gasteiger partial charge in [-0.15, -0.1) is 11.3 Å². The molecular weight excluding hydrogens is 366 g/mol. The van der Waals surface area contributed by atoms with Crippen molar-refractivity contribution in [1.82, 2.24) is 4.98 Å². The van der Waals surface area contributed by atoms with Crippen molar-refractivity contribution in [2.24, 2.45) is 5.73 Å². The van der Waals surface area contributed by atoms with Crippen molar-refractivity contribution in [2.45, 2.75) is 6.92 Å². The first kappa shape index (κ1) is 18.0. The zero-order chi connectivity index (χ0) is 18.5. The number of thiocarbonyl (C=S) groups is 1. The van der Waals surface area contributed by atoms with E-state index in [9.17, 15) is 4.79 Å². The quantitative estimate of drug-likeness (QED) is 0.505. The van der Waals surface area contributed by atoms with Gasteiger partial charge < -0.3 is 15.8 Å². The van der Waals surface area contributed by atoms with Crippen molar-refractivity contribution in [1.29, 1.82) is 0 Å². The van der Waals surface area contributed by atoms with Gasteiger partial charge in [-0.2, -0.15) is 0 Å². The molecule has 26 heavy (non-hydrogen) atoms. The zero-order valence-corrected chi connectivity index (χ0v) is 15.7. The molecule has 5 nitrogen and oxygen atoms in total. The van der Waals surface area contributed by atoms with E-state index in [1.807, 2.05) is 54.6 Å². The minimum Gasteiger partial charge on any atom is -0.462 e. The van der Waals surface area contributed by atoms with Crippen LogP contribution in [0, 0.1) is 0 Å². The van der Waals surface area contributed by atoms with Crippen molar-refractivity contribution < 1.29 is 9.53 Å². The molecule has 0 spiro atoms. The van der Waals surface area contributed by atoms with E-state index in [1.165, 1.54) is 11.3 Å². The number of hydrogen-bond donors (Lipinski definition) is 2. The Labute approximate surface area is 160 Å². The van der Waals surface area contributed by atoms with E-state index in [4.69, 9.17) is 27.7 Å². The standard InChI is InChI=1S/C19H17N3O2S2/c1-2-24-18(23)16-15(12-7-4-3-5-8-12)22-17(26-16)13-9-6-10-14(11-13)21-19(20)25/h3-11H,2H2,1H3,(H3,20,21,25). The number of aromatic nitrogens is 1. The third kappa shape index (κ3) is 4.07. The molecular formula is C19H17N3O2S2. The Morgan fingerprint density at radius 1 is 1.19 bits per heavy atom. The van der Waals surface area contributed by atoms with Crippen LogP contribution in [0.25, 0.3) is 21.8 Å². The van der Waals surface area contributed by atoms with E-state index in [-0.39, 0.29) is 11.1 Å². The van der Waals surface area contributed by atoms with Gasteiger partial charge in [0.15, 0.2) is 5.11 Å². The molecule has 1 aromatic heterocycles. The Morgan fingerprint density at radius 2 is 1.92 bits per heavy atom. The van der Waals surface area contributed by atoms with Crippen molar-refractivity contribution in [3.63, 3.8) is 0 Å². The summed E-state index contributed by atoms with van der Waals surface area (Å²) in [7, 11) is 0. The molecule has 0 bridgehead atoms. The molecule has 0 atom stereocenters. The smallest absolute Gasteiger partial charge is 0.350 e. The number of nitrogens with two attached hydrogens (primary N) is 1. The summed E-state index contributed by atoms with van der Waals surface area (Å²) in [6.07, 6.45) is 0. The predicted octanol–water partition coefficient (Wildman–Crippen LogP) is 4.31. The molecule has 0 amide bonds. The van der Waals surface area contributed by atoms with Crippen molar-refractivity contribution >= 4 is 40.3 Å². The van der Waals surface area contributed by atoms with Crippen LogP contribution >= 0.6 is 23.6 Å². The molecule has 0 fully saturated rings. The van der Waals surface area contributed by atoms with Gasteiger partial charge in [0, 0.05) is 16.8 Å². The maximum absolute atomic E-state index is 12.4. The van der Waals surface area contributed by atoms with Gasteiger partial charge in [-0.3, -0.25) is 0 Å². The van der Waals surface area contributed by atoms with Crippen LogP contribution in [0.15, 0.2) is 54.6 Å². The number of nitrogens with one attached hydrogen (secondary N) is 1. The number of carbonyl (C=O) groups excluding carboxylic acids is 1. The van der Waals surface area contributed by atoms with E-state index in [1.54, 1.807) is 6.92 Å². The summed E-state index contributed by atoms with van der Waals surface area (Å²) in [6, 6.07) is 17.1. The number of carbonyl (C=O) groups is 1. The number of esters is 1. The Morgan fingerprint density at radius 3 is 2.62 bits per heavy atom. The first-order chi connectivity index (χ1) is 12.6. The van der Waals surface area contributed by atoms with Gasteiger partial charge in [0.1, 0.15) is 9.88 Å². The van der Waals surface area contributed by atoms with Gasteiger partial charge in [0.05, 0.1) is 12.3 Å². The largest absolute Gasteiger partial charge is 0.462 e. The van der Waals surface area contributed by atoms with E-state index < -0.39 is 0 Å². The molecule has 0 saturated heterocycles. The number of ether oxygens (including phenoxy) is 1. The van der Waals surface area contributed by atoms with Crippen LogP contribution in [0.5, 0.6) is 0 Å². The van der Waals surface area contributed by atoms with Gasteiger partial charge in [-0.1, -0.05) is 42.5 Å². The Kier molecular flexibility index (Phi) is 5.60. The number of nitrogens with zero attached hydrogens (tertiary/aromatic N) is 1. The summed E-state index contributed by atoms with van der Waals surface area (Å²) in [5.74, 6) is -0.368. The fraction of sp³-hybridized carbons (Fsp3) is 0.105. The molecule has 1 heterocycles. The van der Waals surface area contributed by atoms with Gasteiger partial charge >= 0.3 is 5.97 Å². The maximum Gasteiger partial charge on any atom is 0.350 e. The average Bonchev–Trinajstić information content (AvgIpc) is 3.08. The van der Waals surface area contributed by atoms with Crippen molar-refractivity contribution in [3.8, 4) is 21.8 Å². The van der Waals surface area contributed by atoms with E-state index >= 15 is 0 Å². The molecule has 0 aliphatic heterocycles. The molecule has 0 aliphatic rings. The molecule has 7 heteroatoms. The Bertz CT molecular complexity index is 939. The summed E-state index contributed by atoms with van der Waals surface area (Å²) in [5, 5.41) is 3.82. The number of thiazole rings is 1. The third-order valence-corrected chi connectivity index (χ3v) is 4.70. The SMILES string of the molecule is CCOC(=O)c1sc(-c2cccc(NC(N)=S)c2)nc1-c1ccccc1. The number of anilines is 1. The highest BCUT2D eigenvalue weighted by Gasteiger charge is 2.21. The number of rotatable bonds is 5. The molecule has 3 rings (SSSR count). The minimum absolute atomic E-state index is 0.193. The normalized spacial score (nSPS) is 10.3. The van der Waals surface area contributed by atoms with Crippen LogP contribution in [0.3, 0.4) is 0 Å². The Hall–Kier alpha value is -2.77. The van der Waals surface area contributed by atoms with Crippen molar-refractivity contribution in [3.05, 3.63) is 59.5 Å². The lowest BCUT2D eigenvalue weighted by atomic mass is 10.1. The average molecular weight is 383 g/mol. The van der Waals surface area contributed by atoms with Gasteiger partial charge in [-0.25, -0.2) is 9.78 Å². The Balaban J connectivity index is 2.06. The second-order valence-electron chi connectivity index (χ2n) is 5.35. The summed E-state index contributed by atoms with van der Waals surface area (Å²) in [5.41, 5.74) is 8.66. The summed E-state index contributed by atoms with van der Waals surface area (Å²) in [4.78, 5) is 17.6. The van der Waals surface area contributed by atoms with Crippen LogP contribution in [-0.4, -0.2) is 22.7 Å². The first-order valence-corrected chi connectivity index (χ1v) is 9.21. The van der Waals surface area contributed by atoms with E-state index in [0.29, 0.717) is 17.2 Å². The van der Waals surface area contributed by atoms with Crippen LogP contribution in [-0.2, 0) is 4.74 Å². The number of benzene rings is 2. The summed E-state index contributed by atoms with van der Waals surface area (Å²) < 4.78 is 5.20. The summed E-state index contributed by atoms with van der Waals surface area (Å²) >= 11 is 6.19. The van der Waals surface area contributed by atoms with E-state index in [2.05, 4.69) is 5.32 Å². The summed E-state index contributed by atoms with van der Waals surface area (Å²) in [6.45, 7) is 2.10. The molecule has 132 valence electrons. The molecule has 2 aromatic carbocycles. The molecule has 0 radical (unpaired) electrons. The zero-order valence-electron chi connectivity index (χ0n) is 14.1.